The fraction of sp³-hybridized carbons (Fsp3) is 0.333. The molecular formula is C15H19N3O2S. The number of carbonyl (C=O) groups excluding carboxylic acids is 1. The minimum atomic E-state index is -0.537. The summed E-state index contributed by atoms with van der Waals surface area (Å²) in [4.78, 5) is 17.8. The van der Waals surface area contributed by atoms with Crippen molar-refractivity contribution in [1.29, 1.82) is 0 Å². The van der Waals surface area contributed by atoms with Gasteiger partial charge in [0.1, 0.15) is 5.01 Å². The van der Waals surface area contributed by atoms with E-state index in [1.54, 1.807) is 14.0 Å². The summed E-state index contributed by atoms with van der Waals surface area (Å²) in [7, 11) is 1.65. The Hall–Kier alpha value is -1.92. The highest BCUT2D eigenvalue weighted by Crippen LogP contribution is 2.21. The average molecular weight is 305 g/mol. The summed E-state index contributed by atoms with van der Waals surface area (Å²) in [5, 5.41) is 14.9. The van der Waals surface area contributed by atoms with Gasteiger partial charge in [0, 0.05) is 24.5 Å². The molecule has 1 atom stereocenters. The first-order valence-corrected chi connectivity index (χ1v) is 7.61. The molecule has 2 N–H and O–H groups in total. The van der Waals surface area contributed by atoms with Crippen LogP contribution in [0.15, 0.2) is 35.7 Å². The number of aliphatic hydroxyl groups excluding tert-OH is 1. The highest BCUT2D eigenvalue weighted by atomic mass is 32.1. The molecule has 21 heavy (non-hydrogen) atoms. The molecule has 2 aromatic rings. The van der Waals surface area contributed by atoms with Crippen LogP contribution in [0.1, 0.15) is 11.9 Å². The van der Waals surface area contributed by atoms with Crippen LogP contribution in [-0.4, -0.2) is 40.7 Å². The van der Waals surface area contributed by atoms with Gasteiger partial charge in [-0.1, -0.05) is 30.3 Å². The van der Waals surface area contributed by atoms with Crippen LogP contribution in [-0.2, 0) is 6.54 Å². The topological polar surface area (TPSA) is 65.5 Å². The van der Waals surface area contributed by atoms with E-state index in [4.69, 9.17) is 0 Å². The van der Waals surface area contributed by atoms with Crippen molar-refractivity contribution in [3.05, 3.63) is 40.7 Å². The van der Waals surface area contributed by atoms with E-state index in [-0.39, 0.29) is 6.03 Å². The molecule has 0 aliphatic carbocycles. The smallest absolute Gasteiger partial charge is 0.317 e. The van der Waals surface area contributed by atoms with Crippen molar-refractivity contribution < 1.29 is 9.90 Å². The minimum absolute atomic E-state index is 0.215. The summed E-state index contributed by atoms with van der Waals surface area (Å²) < 4.78 is 0. The second kappa shape index (κ2) is 7.19. The number of carbonyl (C=O) groups is 1. The summed E-state index contributed by atoms with van der Waals surface area (Å²) in [5.74, 6) is 0. The van der Waals surface area contributed by atoms with Crippen LogP contribution < -0.4 is 5.32 Å². The Morgan fingerprint density at radius 1 is 1.43 bits per heavy atom. The molecule has 0 fully saturated rings. The molecule has 5 nitrogen and oxygen atoms in total. The van der Waals surface area contributed by atoms with Crippen molar-refractivity contribution in [2.75, 3.05) is 13.6 Å². The fourth-order valence-corrected chi connectivity index (χ4v) is 2.64. The summed E-state index contributed by atoms with van der Waals surface area (Å²) in [6, 6.07) is 9.71. The Bertz CT molecular complexity index is 584. The van der Waals surface area contributed by atoms with E-state index in [0.717, 1.165) is 16.3 Å². The van der Waals surface area contributed by atoms with E-state index < -0.39 is 6.10 Å². The zero-order chi connectivity index (χ0) is 15.2. The van der Waals surface area contributed by atoms with Crippen molar-refractivity contribution in [2.24, 2.45) is 0 Å². The number of amides is 2. The lowest BCUT2D eigenvalue weighted by Crippen LogP contribution is -2.40. The van der Waals surface area contributed by atoms with Crippen molar-refractivity contribution >= 4 is 17.4 Å². The number of urea groups is 1. The molecule has 1 aromatic heterocycles. The number of nitrogens with one attached hydrogen (secondary N) is 1. The summed E-state index contributed by atoms with van der Waals surface area (Å²) >= 11 is 1.52. The fourth-order valence-electron chi connectivity index (χ4n) is 1.90. The van der Waals surface area contributed by atoms with Crippen LogP contribution in [0.4, 0.5) is 4.79 Å². The first-order chi connectivity index (χ1) is 10.1. The molecule has 0 saturated heterocycles. The van der Waals surface area contributed by atoms with Gasteiger partial charge in [0.25, 0.3) is 0 Å². The first kappa shape index (κ1) is 15.5. The van der Waals surface area contributed by atoms with Gasteiger partial charge in [-0.2, -0.15) is 0 Å². The Kier molecular flexibility index (Phi) is 5.30. The number of nitrogens with zero attached hydrogens (tertiary/aromatic N) is 2. The number of hydrogen-bond donors (Lipinski definition) is 2. The Labute approximate surface area is 128 Å². The Morgan fingerprint density at radius 3 is 2.81 bits per heavy atom. The van der Waals surface area contributed by atoms with Gasteiger partial charge in [-0.05, 0) is 6.92 Å². The van der Waals surface area contributed by atoms with Gasteiger partial charge >= 0.3 is 6.03 Å². The maximum atomic E-state index is 11.8. The molecule has 2 amide bonds. The maximum absolute atomic E-state index is 11.8. The molecule has 0 aliphatic heterocycles. The first-order valence-electron chi connectivity index (χ1n) is 6.73. The molecule has 0 spiro atoms. The van der Waals surface area contributed by atoms with Crippen LogP contribution in [0.3, 0.4) is 0 Å². The summed E-state index contributed by atoms with van der Waals surface area (Å²) in [6.07, 6.45) is -0.537. The van der Waals surface area contributed by atoms with Gasteiger partial charge in [-0.15, -0.1) is 11.3 Å². The molecule has 0 radical (unpaired) electrons. The lowest BCUT2D eigenvalue weighted by molar-refractivity contribution is 0.143. The van der Waals surface area contributed by atoms with Crippen molar-refractivity contribution in [3.63, 3.8) is 0 Å². The van der Waals surface area contributed by atoms with Crippen LogP contribution >= 0.6 is 11.3 Å². The van der Waals surface area contributed by atoms with E-state index in [1.165, 1.54) is 16.2 Å². The molecule has 1 aromatic carbocycles. The molecule has 0 aliphatic rings. The molecule has 0 bridgehead atoms. The second-order valence-electron chi connectivity index (χ2n) is 4.88. The monoisotopic (exact) mass is 305 g/mol. The largest absolute Gasteiger partial charge is 0.392 e. The van der Waals surface area contributed by atoms with E-state index in [9.17, 15) is 9.90 Å². The predicted octanol–water partition coefficient (Wildman–Crippen LogP) is 2.33. The third kappa shape index (κ3) is 4.54. The zero-order valence-corrected chi connectivity index (χ0v) is 12.9. The lowest BCUT2D eigenvalue weighted by Gasteiger charge is -2.18. The maximum Gasteiger partial charge on any atom is 0.317 e. The van der Waals surface area contributed by atoms with Crippen LogP contribution in [0.2, 0.25) is 0 Å². The number of aliphatic hydroxyl groups is 1. The van der Waals surface area contributed by atoms with Gasteiger partial charge in [0.15, 0.2) is 0 Å². The molecule has 112 valence electrons. The van der Waals surface area contributed by atoms with Gasteiger partial charge in [0.2, 0.25) is 0 Å². The van der Waals surface area contributed by atoms with Gasteiger partial charge in [-0.3, -0.25) is 0 Å². The minimum Gasteiger partial charge on any atom is -0.392 e. The molecule has 6 heteroatoms. The number of rotatable bonds is 5. The van der Waals surface area contributed by atoms with Gasteiger partial charge in [0.05, 0.1) is 18.3 Å². The van der Waals surface area contributed by atoms with Crippen LogP contribution in [0, 0.1) is 0 Å². The van der Waals surface area contributed by atoms with Crippen molar-refractivity contribution in [3.8, 4) is 11.3 Å². The zero-order valence-electron chi connectivity index (χ0n) is 12.1. The quantitative estimate of drug-likeness (QED) is 0.891. The highest BCUT2D eigenvalue weighted by Gasteiger charge is 2.11. The Morgan fingerprint density at radius 2 is 2.14 bits per heavy atom. The third-order valence-electron chi connectivity index (χ3n) is 2.90. The summed E-state index contributed by atoms with van der Waals surface area (Å²) in [5.41, 5.74) is 1.99. The number of thiazole rings is 1. The third-order valence-corrected chi connectivity index (χ3v) is 3.75. The Balaban J connectivity index is 1.90. The van der Waals surface area contributed by atoms with Crippen molar-refractivity contribution in [2.45, 2.75) is 19.6 Å². The number of likely N-dealkylation sites (N-methyl/N-ethyl adjacent to an activating group) is 1. The number of aromatic nitrogens is 1. The normalized spacial score (nSPS) is 12.0. The molecule has 2 rings (SSSR count). The summed E-state index contributed by atoms with van der Waals surface area (Å²) in [6.45, 7) is 2.34. The molecule has 0 saturated carbocycles. The van der Waals surface area contributed by atoms with E-state index in [0.29, 0.717) is 13.1 Å². The molecule has 1 heterocycles. The van der Waals surface area contributed by atoms with E-state index >= 15 is 0 Å². The van der Waals surface area contributed by atoms with E-state index in [2.05, 4.69) is 10.3 Å². The predicted molar refractivity (Wildman–Crippen MR) is 84.1 cm³/mol. The molecular weight excluding hydrogens is 286 g/mol. The van der Waals surface area contributed by atoms with Crippen molar-refractivity contribution in [1.82, 2.24) is 15.2 Å². The molecule has 1 unspecified atom stereocenters. The standard InChI is InChI=1S/C15H19N3O2S/c1-11(19)9-18(2)15(20)16-8-14-17-13(10-21-14)12-6-4-3-5-7-12/h3-7,10-11,19H,8-9H2,1-2H3,(H,16,20). The number of benzene rings is 1. The van der Waals surface area contributed by atoms with Gasteiger partial charge in [-0.25, -0.2) is 9.78 Å². The lowest BCUT2D eigenvalue weighted by atomic mass is 10.2. The van der Waals surface area contributed by atoms with Crippen LogP contribution in [0.25, 0.3) is 11.3 Å². The average Bonchev–Trinajstić information content (AvgIpc) is 2.94. The SMILES string of the molecule is CC(O)CN(C)C(=O)NCc1nc(-c2ccccc2)cs1. The van der Waals surface area contributed by atoms with E-state index in [1.807, 2.05) is 35.7 Å². The van der Waals surface area contributed by atoms with Crippen LogP contribution in [0.5, 0.6) is 0 Å². The second-order valence-corrected chi connectivity index (χ2v) is 5.82. The highest BCUT2D eigenvalue weighted by molar-refractivity contribution is 7.09. The number of hydrogen-bond acceptors (Lipinski definition) is 4. The van der Waals surface area contributed by atoms with Gasteiger partial charge < -0.3 is 15.3 Å².